The van der Waals surface area contributed by atoms with E-state index in [1.807, 2.05) is 25.1 Å². The van der Waals surface area contributed by atoms with E-state index in [4.69, 9.17) is 4.74 Å². The molecule has 0 aliphatic carbocycles. The Morgan fingerprint density at radius 3 is 2.32 bits per heavy atom. The van der Waals surface area contributed by atoms with E-state index in [9.17, 15) is 9.59 Å². The molecule has 0 radical (unpaired) electrons. The molecule has 2 N–H and O–H groups in total. The Hall–Kier alpha value is -2.87. The Morgan fingerprint density at radius 1 is 0.893 bits per heavy atom. The van der Waals surface area contributed by atoms with Crippen LogP contribution in [0.3, 0.4) is 0 Å². The lowest BCUT2D eigenvalue weighted by atomic mass is 10.1. The average molecular weight is 486 g/mol. The predicted octanol–water partition coefficient (Wildman–Crippen LogP) is 5.11. The second kappa shape index (κ2) is 8.88. The number of amides is 2. The van der Waals surface area contributed by atoms with Gasteiger partial charge in [0.05, 0.1) is 18.4 Å². The second-order valence-electron chi connectivity index (χ2n) is 6.20. The van der Waals surface area contributed by atoms with Crippen molar-refractivity contribution < 1.29 is 14.3 Å². The van der Waals surface area contributed by atoms with E-state index in [0.29, 0.717) is 28.3 Å². The number of hydrogen-bond donors (Lipinski definition) is 2. The van der Waals surface area contributed by atoms with Gasteiger partial charge in [0.15, 0.2) is 0 Å². The molecule has 0 aliphatic heterocycles. The average Bonchev–Trinajstić information content (AvgIpc) is 2.69. The number of carbonyl (C=O) groups excluding carboxylic acids is 2. The number of benzene rings is 3. The van der Waals surface area contributed by atoms with Gasteiger partial charge in [0.25, 0.3) is 11.8 Å². The fraction of sp³-hybridized carbons (Fsp3) is 0.0909. The largest absolute Gasteiger partial charge is 0.497 e. The summed E-state index contributed by atoms with van der Waals surface area (Å²) in [6.45, 7) is 1.93. The molecule has 28 heavy (non-hydrogen) atoms. The van der Waals surface area contributed by atoms with Gasteiger partial charge in [0, 0.05) is 14.8 Å². The van der Waals surface area contributed by atoms with Crippen LogP contribution in [0.2, 0.25) is 0 Å². The van der Waals surface area contributed by atoms with Gasteiger partial charge < -0.3 is 15.4 Å². The van der Waals surface area contributed by atoms with Crippen LogP contribution in [0.5, 0.6) is 5.75 Å². The smallest absolute Gasteiger partial charge is 0.257 e. The lowest BCUT2D eigenvalue weighted by Crippen LogP contribution is -2.18. The van der Waals surface area contributed by atoms with Crippen LogP contribution in [0.25, 0.3) is 0 Å². The summed E-state index contributed by atoms with van der Waals surface area (Å²) in [6.07, 6.45) is 0. The highest BCUT2D eigenvalue weighted by molar-refractivity contribution is 14.1. The van der Waals surface area contributed by atoms with E-state index >= 15 is 0 Å². The number of halogens is 1. The van der Waals surface area contributed by atoms with Gasteiger partial charge in [-0.3, -0.25) is 9.59 Å². The minimum absolute atomic E-state index is 0.261. The van der Waals surface area contributed by atoms with Gasteiger partial charge in [-0.25, -0.2) is 0 Å². The van der Waals surface area contributed by atoms with Crippen molar-refractivity contribution in [2.24, 2.45) is 0 Å². The number of carbonyl (C=O) groups is 2. The summed E-state index contributed by atoms with van der Waals surface area (Å²) in [5, 5.41) is 5.69. The molecule has 2 amide bonds. The molecule has 0 aromatic heterocycles. The van der Waals surface area contributed by atoms with Gasteiger partial charge in [-0.1, -0.05) is 17.7 Å². The highest BCUT2D eigenvalue weighted by Gasteiger charge is 2.15. The molecule has 3 rings (SSSR count). The van der Waals surface area contributed by atoms with E-state index in [2.05, 4.69) is 33.2 Å². The Morgan fingerprint density at radius 2 is 1.64 bits per heavy atom. The molecule has 5 nitrogen and oxygen atoms in total. The molecule has 0 atom stereocenters. The van der Waals surface area contributed by atoms with E-state index < -0.39 is 0 Å². The van der Waals surface area contributed by atoms with Crippen molar-refractivity contribution >= 4 is 45.8 Å². The molecule has 0 bridgehead atoms. The molecule has 0 saturated heterocycles. The SMILES string of the molecule is COc1ccc(NC(=O)c2cc(I)ccc2NC(=O)c2cccc(C)c2)cc1. The highest BCUT2D eigenvalue weighted by Crippen LogP contribution is 2.22. The van der Waals surface area contributed by atoms with Crippen LogP contribution in [0.1, 0.15) is 26.3 Å². The van der Waals surface area contributed by atoms with Gasteiger partial charge in [-0.05, 0) is 84.1 Å². The third-order valence-corrected chi connectivity index (χ3v) is 4.77. The van der Waals surface area contributed by atoms with Crippen molar-refractivity contribution in [1.29, 1.82) is 0 Å². The van der Waals surface area contributed by atoms with Crippen molar-refractivity contribution in [2.45, 2.75) is 6.92 Å². The zero-order valence-corrected chi connectivity index (χ0v) is 17.6. The van der Waals surface area contributed by atoms with Crippen molar-refractivity contribution in [2.75, 3.05) is 17.7 Å². The molecule has 142 valence electrons. The van der Waals surface area contributed by atoms with Gasteiger partial charge >= 0.3 is 0 Å². The van der Waals surface area contributed by atoms with Gasteiger partial charge in [0.1, 0.15) is 5.75 Å². The third-order valence-electron chi connectivity index (χ3n) is 4.10. The maximum absolute atomic E-state index is 12.8. The second-order valence-corrected chi connectivity index (χ2v) is 7.44. The number of rotatable bonds is 5. The highest BCUT2D eigenvalue weighted by atomic mass is 127. The van der Waals surface area contributed by atoms with E-state index in [0.717, 1.165) is 9.13 Å². The number of methoxy groups -OCH3 is 1. The molecular formula is C22H19IN2O3. The number of anilines is 2. The van der Waals surface area contributed by atoms with Gasteiger partial charge in [-0.2, -0.15) is 0 Å². The Kier molecular flexibility index (Phi) is 6.30. The van der Waals surface area contributed by atoms with Crippen LogP contribution in [-0.4, -0.2) is 18.9 Å². The topological polar surface area (TPSA) is 67.4 Å². The molecule has 3 aromatic carbocycles. The molecule has 3 aromatic rings. The summed E-state index contributed by atoms with van der Waals surface area (Å²) in [5.41, 5.74) is 3.02. The lowest BCUT2D eigenvalue weighted by molar-refractivity contribution is 0.102. The molecule has 0 saturated carbocycles. The Bertz CT molecular complexity index is 1020. The minimum Gasteiger partial charge on any atom is -0.497 e. The van der Waals surface area contributed by atoms with Crippen molar-refractivity contribution in [3.63, 3.8) is 0 Å². The summed E-state index contributed by atoms with van der Waals surface area (Å²) in [5.74, 6) is 0.144. The summed E-state index contributed by atoms with van der Waals surface area (Å²) in [4.78, 5) is 25.4. The van der Waals surface area contributed by atoms with Crippen molar-refractivity contribution in [3.05, 3.63) is 87.0 Å². The van der Waals surface area contributed by atoms with Crippen LogP contribution in [0, 0.1) is 10.5 Å². The Labute approximate surface area is 177 Å². The first-order valence-electron chi connectivity index (χ1n) is 8.59. The molecular weight excluding hydrogens is 467 g/mol. The lowest BCUT2D eigenvalue weighted by Gasteiger charge is -2.13. The first-order chi connectivity index (χ1) is 13.5. The number of nitrogens with one attached hydrogen (secondary N) is 2. The minimum atomic E-state index is -0.303. The van der Waals surface area contributed by atoms with Gasteiger partial charge in [0.2, 0.25) is 0 Å². The van der Waals surface area contributed by atoms with Crippen LogP contribution in [0.4, 0.5) is 11.4 Å². The first kappa shape index (κ1) is 19.9. The zero-order chi connectivity index (χ0) is 20.1. The summed E-state index contributed by atoms with van der Waals surface area (Å²) in [7, 11) is 1.59. The molecule has 0 unspecified atom stereocenters. The predicted molar refractivity (Wildman–Crippen MR) is 119 cm³/mol. The van der Waals surface area contributed by atoms with Crippen molar-refractivity contribution in [1.82, 2.24) is 0 Å². The molecule has 6 heteroatoms. The van der Waals surface area contributed by atoms with E-state index in [-0.39, 0.29) is 11.8 Å². The molecule has 0 aliphatic rings. The van der Waals surface area contributed by atoms with Crippen LogP contribution < -0.4 is 15.4 Å². The fourth-order valence-electron chi connectivity index (χ4n) is 2.67. The standard InChI is InChI=1S/C22H19IN2O3/c1-14-4-3-5-15(12-14)21(26)25-20-11-6-16(23)13-19(20)22(27)24-17-7-9-18(28-2)10-8-17/h3-13H,1-2H3,(H,24,27)(H,25,26). The molecule has 0 spiro atoms. The zero-order valence-electron chi connectivity index (χ0n) is 15.5. The summed E-state index contributed by atoms with van der Waals surface area (Å²) in [6, 6.07) is 19.7. The van der Waals surface area contributed by atoms with Crippen LogP contribution in [0.15, 0.2) is 66.7 Å². The molecule has 0 fully saturated rings. The van der Waals surface area contributed by atoms with E-state index in [1.54, 1.807) is 55.6 Å². The van der Waals surface area contributed by atoms with Crippen LogP contribution >= 0.6 is 22.6 Å². The summed E-state index contributed by atoms with van der Waals surface area (Å²) < 4.78 is 6.02. The first-order valence-corrected chi connectivity index (χ1v) is 9.67. The quantitative estimate of drug-likeness (QED) is 0.493. The normalized spacial score (nSPS) is 10.2. The maximum atomic E-state index is 12.8. The molecule has 0 heterocycles. The van der Waals surface area contributed by atoms with Crippen molar-refractivity contribution in [3.8, 4) is 5.75 Å². The van der Waals surface area contributed by atoms with Crippen LogP contribution in [-0.2, 0) is 0 Å². The number of aryl methyl sites for hydroxylation is 1. The van der Waals surface area contributed by atoms with Gasteiger partial charge in [-0.15, -0.1) is 0 Å². The number of hydrogen-bond acceptors (Lipinski definition) is 3. The fourth-order valence-corrected chi connectivity index (χ4v) is 3.16. The third kappa shape index (κ3) is 4.89. The monoisotopic (exact) mass is 486 g/mol. The maximum Gasteiger partial charge on any atom is 0.257 e. The summed E-state index contributed by atoms with van der Waals surface area (Å²) >= 11 is 2.14. The number of ether oxygens (including phenoxy) is 1. The Balaban J connectivity index is 1.83. The van der Waals surface area contributed by atoms with E-state index in [1.165, 1.54) is 0 Å².